The lowest BCUT2D eigenvalue weighted by molar-refractivity contribution is -0.141. The van der Waals surface area contributed by atoms with Crippen molar-refractivity contribution in [3.8, 4) is 0 Å². The Morgan fingerprint density at radius 3 is 1.19 bits per heavy atom. The first-order valence-electron chi connectivity index (χ1n) is 10.5. The standard InChI is InChI=1S/C22H40O4/c1-25-21(23)19-17-15-13-11-9-7-5-3-4-6-8-10-12-14-16-18-20-22(24)26-2/h3,5H,4,6-20H2,1-2H3/b5-3+. The summed E-state index contributed by atoms with van der Waals surface area (Å²) in [5.41, 5.74) is 0. The van der Waals surface area contributed by atoms with Crippen molar-refractivity contribution in [2.24, 2.45) is 0 Å². The predicted octanol–water partition coefficient (Wildman–Crippen LogP) is 6.13. The highest BCUT2D eigenvalue weighted by Gasteiger charge is 1.99. The van der Waals surface area contributed by atoms with Gasteiger partial charge in [-0.05, 0) is 38.5 Å². The summed E-state index contributed by atoms with van der Waals surface area (Å²) in [5, 5.41) is 0. The lowest BCUT2D eigenvalue weighted by Crippen LogP contribution is -1.99. The lowest BCUT2D eigenvalue weighted by atomic mass is 10.1. The molecule has 0 aliphatic rings. The minimum absolute atomic E-state index is 0.0876. The summed E-state index contributed by atoms with van der Waals surface area (Å²) in [6.07, 6.45) is 22.4. The van der Waals surface area contributed by atoms with Crippen molar-refractivity contribution in [3.63, 3.8) is 0 Å². The maximum absolute atomic E-state index is 11.0. The topological polar surface area (TPSA) is 52.6 Å². The molecule has 0 aliphatic heterocycles. The van der Waals surface area contributed by atoms with Crippen molar-refractivity contribution < 1.29 is 19.1 Å². The van der Waals surface area contributed by atoms with Crippen LogP contribution < -0.4 is 0 Å². The van der Waals surface area contributed by atoms with Crippen molar-refractivity contribution in [1.29, 1.82) is 0 Å². The quantitative estimate of drug-likeness (QED) is 0.166. The number of carbonyl (C=O) groups excluding carboxylic acids is 2. The third-order valence-corrected chi connectivity index (χ3v) is 4.63. The summed E-state index contributed by atoms with van der Waals surface area (Å²) in [6, 6.07) is 0. The summed E-state index contributed by atoms with van der Waals surface area (Å²) in [6.45, 7) is 0. The SMILES string of the molecule is COC(=O)CCCCCCC/C=C/CCCCCCCCCC(=O)OC. The number of ether oxygens (including phenoxy) is 2. The number of carbonyl (C=O) groups is 2. The maximum atomic E-state index is 11.0. The average molecular weight is 369 g/mol. The molecule has 0 saturated heterocycles. The number of esters is 2. The molecule has 0 bridgehead atoms. The van der Waals surface area contributed by atoms with Crippen LogP contribution in [0, 0.1) is 0 Å². The van der Waals surface area contributed by atoms with Crippen LogP contribution >= 0.6 is 0 Å². The number of unbranched alkanes of at least 4 members (excludes halogenated alkanes) is 12. The van der Waals surface area contributed by atoms with Crippen LogP contribution in [-0.2, 0) is 19.1 Å². The Balaban J connectivity index is 3.15. The zero-order valence-corrected chi connectivity index (χ0v) is 17.1. The Kier molecular flexibility index (Phi) is 19.0. The Hall–Kier alpha value is -1.32. The molecule has 0 saturated carbocycles. The third kappa shape index (κ3) is 19.0. The van der Waals surface area contributed by atoms with Crippen molar-refractivity contribution in [2.75, 3.05) is 14.2 Å². The molecule has 4 heteroatoms. The van der Waals surface area contributed by atoms with E-state index in [0.29, 0.717) is 12.8 Å². The minimum atomic E-state index is -0.0912. The minimum Gasteiger partial charge on any atom is -0.469 e. The Morgan fingerprint density at radius 1 is 0.538 bits per heavy atom. The van der Waals surface area contributed by atoms with Crippen molar-refractivity contribution in [1.82, 2.24) is 0 Å². The van der Waals surface area contributed by atoms with E-state index in [4.69, 9.17) is 0 Å². The van der Waals surface area contributed by atoms with Crippen molar-refractivity contribution in [3.05, 3.63) is 12.2 Å². The molecule has 0 unspecified atom stereocenters. The van der Waals surface area contributed by atoms with Crippen molar-refractivity contribution in [2.45, 2.75) is 103 Å². The van der Waals surface area contributed by atoms with E-state index in [0.717, 1.165) is 25.7 Å². The molecule has 0 heterocycles. The highest BCUT2D eigenvalue weighted by atomic mass is 16.5. The fraction of sp³-hybridized carbons (Fsp3) is 0.818. The van der Waals surface area contributed by atoms with Crippen LogP contribution in [0.15, 0.2) is 12.2 Å². The van der Waals surface area contributed by atoms with Gasteiger partial charge >= 0.3 is 11.9 Å². The Labute approximate surface area is 160 Å². The Morgan fingerprint density at radius 2 is 0.846 bits per heavy atom. The van der Waals surface area contributed by atoms with E-state index in [1.54, 1.807) is 0 Å². The molecule has 0 aliphatic carbocycles. The molecule has 0 aromatic heterocycles. The van der Waals surface area contributed by atoms with Crippen LogP contribution in [-0.4, -0.2) is 26.2 Å². The summed E-state index contributed by atoms with van der Waals surface area (Å²) in [5.74, 6) is -0.179. The van der Waals surface area contributed by atoms with E-state index in [2.05, 4.69) is 21.6 Å². The second-order valence-electron chi connectivity index (χ2n) is 6.94. The third-order valence-electron chi connectivity index (χ3n) is 4.63. The van der Waals surface area contributed by atoms with E-state index >= 15 is 0 Å². The van der Waals surface area contributed by atoms with Gasteiger partial charge in [-0.2, -0.15) is 0 Å². The van der Waals surface area contributed by atoms with Gasteiger partial charge in [-0.25, -0.2) is 0 Å². The van der Waals surface area contributed by atoms with Crippen LogP contribution in [0.3, 0.4) is 0 Å². The van der Waals surface area contributed by atoms with Crippen LogP contribution in [0.2, 0.25) is 0 Å². The van der Waals surface area contributed by atoms with E-state index in [1.165, 1.54) is 78.4 Å². The predicted molar refractivity (Wildman–Crippen MR) is 107 cm³/mol. The molecule has 152 valence electrons. The maximum Gasteiger partial charge on any atom is 0.305 e. The number of allylic oxidation sites excluding steroid dienone is 2. The molecule has 4 nitrogen and oxygen atoms in total. The zero-order valence-electron chi connectivity index (χ0n) is 17.1. The van der Waals surface area contributed by atoms with Gasteiger partial charge in [-0.1, -0.05) is 63.5 Å². The molecule has 0 N–H and O–H groups in total. The Bertz CT molecular complexity index is 363. The molecular weight excluding hydrogens is 328 g/mol. The van der Waals surface area contributed by atoms with E-state index in [1.807, 2.05) is 0 Å². The summed E-state index contributed by atoms with van der Waals surface area (Å²) in [7, 11) is 2.90. The summed E-state index contributed by atoms with van der Waals surface area (Å²) in [4.78, 5) is 21.9. The monoisotopic (exact) mass is 368 g/mol. The molecular formula is C22H40O4. The van der Waals surface area contributed by atoms with Gasteiger partial charge < -0.3 is 9.47 Å². The van der Waals surface area contributed by atoms with E-state index < -0.39 is 0 Å². The molecule has 0 amide bonds. The van der Waals surface area contributed by atoms with Gasteiger partial charge in [0.2, 0.25) is 0 Å². The van der Waals surface area contributed by atoms with Gasteiger partial charge in [0.1, 0.15) is 0 Å². The number of hydrogen-bond acceptors (Lipinski definition) is 4. The van der Waals surface area contributed by atoms with Gasteiger partial charge in [0.15, 0.2) is 0 Å². The fourth-order valence-electron chi connectivity index (χ4n) is 2.92. The second-order valence-corrected chi connectivity index (χ2v) is 6.94. The molecule has 0 aromatic rings. The lowest BCUT2D eigenvalue weighted by Gasteiger charge is -2.01. The molecule has 0 aromatic carbocycles. The van der Waals surface area contributed by atoms with Gasteiger partial charge in [0, 0.05) is 12.8 Å². The van der Waals surface area contributed by atoms with Crippen LogP contribution in [0.1, 0.15) is 103 Å². The average Bonchev–Trinajstić information content (AvgIpc) is 2.66. The smallest absolute Gasteiger partial charge is 0.305 e. The van der Waals surface area contributed by atoms with Crippen LogP contribution in [0.5, 0.6) is 0 Å². The zero-order chi connectivity index (χ0) is 19.3. The summed E-state index contributed by atoms with van der Waals surface area (Å²) >= 11 is 0. The van der Waals surface area contributed by atoms with Crippen molar-refractivity contribution >= 4 is 11.9 Å². The van der Waals surface area contributed by atoms with Gasteiger partial charge in [-0.3, -0.25) is 9.59 Å². The molecule has 26 heavy (non-hydrogen) atoms. The van der Waals surface area contributed by atoms with E-state index in [9.17, 15) is 9.59 Å². The highest BCUT2D eigenvalue weighted by Crippen LogP contribution is 2.11. The molecule has 0 rings (SSSR count). The van der Waals surface area contributed by atoms with Gasteiger partial charge in [0.25, 0.3) is 0 Å². The fourth-order valence-corrected chi connectivity index (χ4v) is 2.92. The van der Waals surface area contributed by atoms with Gasteiger partial charge in [-0.15, -0.1) is 0 Å². The highest BCUT2D eigenvalue weighted by molar-refractivity contribution is 5.69. The largest absolute Gasteiger partial charge is 0.469 e. The van der Waals surface area contributed by atoms with E-state index in [-0.39, 0.29) is 11.9 Å². The first-order valence-corrected chi connectivity index (χ1v) is 10.5. The number of hydrogen-bond donors (Lipinski definition) is 0. The van der Waals surface area contributed by atoms with Crippen LogP contribution in [0.4, 0.5) is 0 Å². The van der Waals surface area contributed by atoms with Crippen LogP contribution in [0.25, 0.3) is 0 Å². The molecule has 0 radical (unpaired) electrons. The first-order chi connectivity index (χ1) is 12.7. The molecule has 0 spiro atoms. The first kappa shape index (κ1) is 24.7. The normalized spacial score (nSPS) is 11.0. The molecule has 0 fully saturated rings. The summed E-state index contributed by atoms with van der Waals surface area (Å²) < 4.78 is 9.26. The molecule has 0 atom stereocenters. The second kappa shape index (κ2) is 20.0. The number of rotatable bonds is 18. The van der Waals surface area contributed by atoms with Gasteiger partial charge in [0.05, 0.1) is 14.2 Å². The number of methoxy groups -OCH3 is 2.